The summed E-state index contributed by atoms with van der Waals surface area (Å²) in [5.41, 5.74) is 1.07. The van der Waals surface area contributed by atoms with Gasteiger partial charge in [-0.05, 0) is 49.3 Å². The lowest BCUT2D eigenvalue weighted by Crippen LogP contribution is -2.56. The molecule has 0 saturated heterocycles. The largest absolute Gasteiger partial charge is 0.462 e. The normalized spacial score (nSPS) is 12.0. The van der Waals surface area contributed by atoms with Crippen molar-refractivity contribution in [2.24, 2.45) is 0 Å². The van der Waals surface area contributed by atoms with Gasteiger partial charge in [0.1, 0.15) is 6.17 Å². The summed E-state index contributed by atoms with van der Waals surface area (Å²) in [6.45, 7) is 4.59. The lowest BCUT2D eigenvalue weighted by atomic mass is 10.1. The molecule has 0 bridgehead atoms. The van der Waals surface area contributed by atoms with Crippen molar-refractivity contribution >= 4 is 69.7 Å². The maximum absolute atomic E-state index is 12.3. The Labute approximate surface area is 217 Å². The fraction of sp³-hybridized carbons (Fsp3) is 0.609. The molecule has 0 fully saturated rings. The van der Waals surface area contributed by atoms with Crippen molar-refractivity contribution in [1.29, 1.82) is 0 Å². The van der Waals surface area contributed by atoms with Crippen molar-refractivity contribution in [1.82, 2.24) is 10.6 Å². The van der Waals surface area contributed by atoms with Crippen LogP contribution in [0.2, 0.25) is 0 Å². The smallest absolute Gasteiger partial charge is 0.338 e. The lowest BCUT2D eigenvalue weighted by Gasteiger charge is -2.27. The Bertz CT molecular complexity index is 743. The van der Waals surface area contributed by atoms with E-state index in [2.05, 4.69) is 22.9 Å². The van der Waals surface area contributed by atoms with Crippen LogP contribution in [-0.2, 0) is 9.53 Å². The summed E-state index contributed by atoms with van der Waals surface area (Å²) in [5.74, 6) is -0.594. The summed E-state index contributed by atoms with van der Waals surface area (Å²) in [4.78, 5) is 24.3. The molecule has 1 atom stereocenters. The maximum Gasteiger partial charge on any atom is 0.338 e. The number of rotatable bonds is 14. The number of benzene rings is 1. The fourth-order valence-electron chi connectivity index (χ4n) is 2.88. The summed E-state index contributed by atoms with van der Waals surface area (Å²) in [6, 6.07) is 6.64. The van der Waals surface area contributed by atoms with E-state index in [1.165, 1.54) is 19.3 Å². The number of thiocarbonyl (C=S) groups is 1. The van der Waals surface area contributed by atoms with E-state index < -0.39 is 9.96 Å². The van der Waals surface area contributed by atoms with Gasteiger partial charge in [-0.15, -0.1) is 0 Å². The van der Waals surface area contributed by atoms with E-state index in [0.717, 1.165) is 32.1 Å². The Morgan fingerprint density at radius 2 is 1.55 bits per heavy atom. The number of ether oxygens (including phenoxy) is 1. The zero-order chi connectivity index (χ0) is 24.7. The van der Waals surface area contributed by atoms with E-state index in [1.807, 2.05) is 6.92 Å². The fourth-order valence-corrected chi connectivity index (χ4v) is 3.44. The van der Waals surface area contributed by atoms with Gasteiger partial charge in [-0.1, -0.05) is 87.2 Å². The molecule has 0 aliphatic rings. The van der Waals surface area contributed by atoms with Gasteiger partial charge in [0.15, 0.2) is 5.11 Å². The Balaban J connectivity index is 2.53. The number of hydrogen-bond donors (Lipinski definition) is 3. The van der Waals surface area contributed by atoms with E-state index in [0.29, 0.717) is 24.3 Å². The molecule has 10 heteroatoms. The van der Waals surface area contributed by atoms with Crippen molar-refractivity contribution in [2.75, 3.05) is 11.9 Å². The SMILES string of the molecule is CCCCCCCCC(=O)NC(NC(=S)Nc1ccc(C(=O)OCCCC)cc1)C(Cl)(Cl)Cl. The quantitative estimate of drug-likeness (QED) is 0.0825. The Morgan fingerprint density at radius 1 is 0.939 bits per heavy atom. The van der Waals surface area contributed by atoms with Gasteiger partial charge < -0.3 is 20.7 Å². The van der Waals surface area contributed by atoms with Gasteiger partial charge >= 0.3 is 5.97 Å². The first-order valence-corrected chi connectivity index (χ1v) is 12.9. The number of carbonyl (C=O) groups excluding carboxylic acids is 2. The van der Waals surface area contributed by atoms with E-state index in [-0.39, 0.29) is 17.0 Å². The minimum Gasteiger partial charge on any atom is -0.462 e. The molecule has 0 spiro atoms. The van der Waals surface area contributed by atoms with Crippen LogP contribution in [0.5, 0.6) is 0 Å². The molecule has 0 radical (unpaired) electrons. The molecule has 1 aromatic carbocycles. The number of halogens is 3. The van der Waals surface area contributed by atoms with Gasteiger partial charge in [-0.3, -0.25) is 4.79 Å². The van der Waals surface area contributed by atoms with Crippen LogP contribution in [-0.4, -0.2) is 33.6 Å². The summed E-state index contributed by atoms with van der Waals surface area (Å²) in [6.07, 6.45) is 7.56. The summed E-state index contributed by atoms with van der Waals surface area (Å²) in [7, 11) is 0. The minimum atomic E-state index is -1.81. The van der Waals surface area contributed by atoms with Gasteiger partial charge in [-0.2, -0.15) is 0 Å². The van der Waals surface area contributed by atoms with Crippen LogP contribution in [0.3, 0.4) is 0 Å². The third-order valence-electron chi connectivity index (χ3n) is 4.77. The standard InChI is InChI=1S/C23H34Cl3N3O3S/c1-3-5-7-8-9-10-11-19(30)28-21(23(24,25)26)29-22(33)27-18-14-12-17(13-15-18)20(31)32-16-6-4-2/h12-15,21H,3-11,16H2,1-2H3,(H,28,30)(H2,27,29,33). The van der Waals surface area contributed by atoms with Gasteiger partial charge in [0.05, 0.1) is 12.2 Å². The molecule has 33 heavy (non-hydrogen) atoms. The van der Waals surface area contributed by atoms with Crippen molar-refractivity contribution in [3.05, 3.63) is 29.8 Å². The van der Waals surface area contributed by atoms with Crippen LogP contribution in [0.1, 0.15) is 82.0 Å². The molecule has 6 nitrogen and oxygen atoms in total. The van der Waals surface area contributed by atoms with Crippen LogP contribution >= 0.6 is 47.0 Å². The van der Waals surface area contributed by atoms with Crippen LogP contribution < -0.4 is 16.0 Å². The minimum absolute atomic E-state index is 0.157. The monoisotopic (exact) mass is 537 g/mol. The second-order valence-electron chi connectivity index (χ2n) is 7.73. The molecule has 3 N–H and O–H groups in total. The molecular weight excluding hydrogens is 505 g/mol. The number of hydrogen-bond acceptors (Lipinski definition) is 4. The first-order valence-electron chi connectivity index (χ1n) is 11.4. The molecule has 0 heterocycles. The zero-order valence-corrected chi connectivity index (χ0v) is 22.3. The molecule has 0 aliphatic carbocycles. The number of anilines is 1. The number of esters is 1. The highest BCUT2D eigenvalue weighted by Gasteiger charge is 2.34. The highest BCUT2D eigenvalue weighted by Crippen LogP contribution is 2.29. The van der Waals surface area contributed by atoms with Crippen molar-refractivity contribution in [2.45, 2.75) is 81.6 Å². The summed E-state index contributed by atoms with van der Waals surface area (Å²) >= 11 is 23.4. The molecule has 0 aliphatic heterocycles. The summed E-state index contributed by atoms with van der Waals surface area (Å²) in [5, 5.41) is 8.62. The van der Waals surface area contributed by atoms with Crippen LogP contribution in [0, 0.1) is 0 Å². The zero-order valence-electron chi connectivity index (χ0n) is 19.2. The van der Waals surface area contributed by atoms with Crippen LogP contribution in [0.15, 0.2) is 24.3 Å². The third kappa shape index (κ3) is 13.3. The van der Waals surface area contributed by atoms with Crippen molar-refractivity contribution in [3.63, 3.8) is 0 Å². The van der Waals surface area contributed by atoms with Crippen molar-refractivity contribution < 1.29 is 14.3 Å². The average Bonchev–Trinajstić information content (AvgIpc) is 2.75. The van der Waals surface area contributed by atoms with E-state index in [1.54, 1.807) is 24.3 Å². The highest BCUT2D eigenvalue weighted by atomic mass is 35.6. The maximum atomic E-state index is 12.3. The Hall–Kier alpha value is -1.28. The predicted octanol–water partition coefficient (Wildman–Crippen LogP) is 6.49. The molecule has 186 valence electrons. The topological polar surface area (TPSA) is 79.5 Å². The number of alkyl halides is 3. The summed E-state index contributed by atoms with van der Waals surface area (Å²) < 4.78 is 3.38. The lowest BCUT2D eigenvalue weighted by molar-refractivity contribution is -0.122. The van der Waals surface area contributed by atoms with Gasteiger partial charge in [0.25, 0.3) is 0 Å². The number of unbranched alkanes of at least 4 members (excludes halogenated alkanes) is 6. The molecule has 0 saturated carbocycles. The Morgan fingerprint density at radius 3 is 2.15 bits per heavy atom. The Kier molecular flexibility index (Phi) is 14.8. The second-order valence-corrected chi connectivity index (χ2v) is 10.5. The van der Waals surface area contributed by atoms with Crippen molar-refractivity contribution in [3.8, 4) is 0 Å². The average molecular weight is 539 g/mol. The van der Waals surface area contributed by atoms with Gasteiger partial charge in [0, 0.05) is 12.1 Å². The van der Waals surface area contributed by atoms with Crippen LogP contribution in [0.4, 0.5) is 5.69 Å². The molecule has 0 aromatic heterocycles. The van der Waals surface area contributed by atoms with Gasteiger partial charge in [0.2, 0.25) is 9.70 Å². The molecular formula is C23H34Cl3N3O3S. The second kappa shape index (κ2) is 16.4. The van der Waals surface area contributed by atoms with Crippen LogP contribution in [0.25, 0.3) is 0 Å². The molecule has 1 rings (SSSR count). The third-order valence-corrected chi connectivity index (χ3v) is 5.65. The molecule has 1 unspecified atom stereocenters. The molecule has 1 amide bonds. The first kappa shape index (κ1) is 29.8. The predicted molar refractivity (Wildman–Crippen MR) is 141 cm³/mol. The highest BCUT2D eigenvalue weighted by molar-refractivity contribution is 7.80. The van der Waals surface area contributed by atoms with E-state index >= 15 is 0 Å². The number of nitrogens with one attached hydrogen (secondary N) is 3. The van der Waals surface area contributed by atoms with E-state index in [4.69, 9.17) is 51.8 Å². The number of carbonyl (C=O) groups is 2. The van der Waals surface area contributed by atoms with Gasteiger partial charge in [-0.25, -0.2) is 4.79 Å². The van der Waals surface area contributed by atoms with E-state index in [9.17, 15) is 9.59 Å². The molecule has 1 aromatic rings. The number of amides is 1. The first-order chi connectivity index (χ1) is 15.7.